The Morgan fingerprint density at radius 1 is 0.765 bits per heavy atom. The van der Waals surface area contributed by atoms with Crippen molar-refractivity contribution in [3.05, 3.63) is 76.3 Å². The van der Waals surface area contributed by atoms with Gasteiger partial charge in [-0.3, -0.25) is 0 Å². The summed E-state index contributed by atoms with van der Waals surface area (Å²) in [6, 6.07) is 18.4. The first-order chi connectivity index (χ1) is 8.18. The lowest BCUT2D eigenvalue weighted by molar-refractivity contribution is 1.37. The molecule has 17 heavy (non-hydrogen) atoms. The number of allylic oxidation sites excluding steroid dienone is 1. The molecule has 2 aromatic rings. The van der Waals surface area contributed by atoms with Crippen LogP contribution in [0.1, 0.15) is 25.0 Å². The lowest BCUT2D eigenvalue weighted by Crippen LogP contribution is -1.90. The maximum Gasteiger partial charge on any atom is 0.0406 e. The van der Waals surface area contributed by atoms with E-state index in [1.807, 2.05) is 18.2 Å². The van der Waals surface area contributed by atoms with Gasteiger partial charge in [0, 0.05) is 5.02 Å². The fourth-order valence-corrected chi connectivity index (χ4v) is 2.09. The van der Waals surface area contributed by atoms with E-state index >= 15 is 0 Å². The van der Waals surface area contributed by atoms with Crippen molar-refractivity contribution in [1.29, 1.82) is 0 Å². The maximum atomic E-state index is 5.93. The average Bonchev–Trinajstić information content (AvgIpc) is 2.33. The van der Waals surface area contributed by atoms with Gasteiger partial charge in [-0.15, -0.1) is 0 Å². The minimum atomic E-state index is 0.773. The first-order valence-corrected chi connectivity index (χ1v) is 6.05. The van der Waals surface area contributed by atoms with E-state index in [0.717, 1.165) is 5.02 Å². The lowest BCUT2D eigenvalue weighted by atomic mass is 9.94. The largest absolute Gasteiger partial charge is 0.0843 e. The lowest BCUT2D eigenvalue weighted by Gasteiger charge is -2.11. The second-order valence-electron chi connectivity index (χ2n) is 4.25. The van der Waals surface area contributed by atoms with Crippen molar-refractivity contribution in [2.75, 3.05) is 0 Å². The second kappa shape index (κ2) is 5.20. The average molecular weight is 243 g/mol. The molecule has 0 fully saturated rings. The van der Waals surface area contributed by atoms with Crippen LogP contribution in [-0.2, 0) is 0 Å². The molecule has 2 rings (SSSR count). The Morgan fingerprint density at radius 3 is 1.82 bits per heavy atom. The Morgan fingerprint density at radius 2 is 1.29 bits per heavy atom. The predicted molar refractivity (Wildman–Crippen MR) is 75.3 cm³/mol. The number of rotatable bonds is 2. The van der Waals surface area contributed by atoms with Crippen LogP contribution in [-0.4, -0.2) is 0 Å². The summed E-state index contributed by atoms with van der Waals surface area (Å²) in [5.74, 6) is 0. The van der Waals surface area contributed by atoms with E-state index in [2.05, 4.69) is 50.2 Å². The molecule has 0 aliphatic carbocycles. The molecule has 0 unspecified atom stereocenters. The van der Waals surface area contributed by atoms with Crippen LogP contribution in [0.25, 0.3) is 5.57 Å². The number of benzene rings is 2. The van der Waals surface area contributed by atoms with Gasteiger partial charge in [0.25, 0.3) is 0 Å². The number of hydrogen-bond donors (Lipinski definition) is 0. The quantitative estimate of drug-likeness (QED) is 0.681. The molecule has 0 aromatic heterocycles. The zero-order chi connectivity index (χ0) is 12.3. The topological polar surface area (TPSA) is 0 Å². The van der Waals surface area contributed by atoms with Crippen LogP contribution in [0.4, 0.5) is 0 Å². The van der Waals surface area contributed by atoms with Gasteiger partial charge in [-0.25, -0.2) is 0 Å². The highest BCUT2D eigenvalue weighted by Crippen LogP contribution is 2.27. The fourth-order valence-electron chi connectivity index (χ4n) is 1.97. The van der Waals surface area contributed by atoms with Crippen LogP contribution < -0.4 is 0 Å². The van der Waals surface area contributed by atoms with Crippen LogP contribution in [0.5, 0.6) is 0 Å². The molecule has 0 aliphatic rings. The van der Waals surface area contributed by atoms with Gasteiger partial charge < -0.3 is 0 Å². The second-order valence-corrected chi connectivity index (χ2v) is 4.68. The molecule has 1 heteroatoms. The monoisotopic (exact) mass is 242 g/mol. The van der Waals surface area contributed by atoms with E-state index in [1.165, 1.54) is 22.3 Å². The van der Waals surface area contributed by atoms with Gasteiger partial charge in [-0.2, -0.15) is 0 Å². The summed E-state index contributed by atoms with van der Waals surface area (Å²) in [4.78, 5) is 0. The molecule has 0 nitrogen and oxygen atoms in total. The molecule has 0 aliphatic heterocycles. The fraction of sp³-hybridized carbons (Fsp3) is 0.125. The molecule has 0 N–H and O–H groups in total. The van der Waals surface area contributed by atoms with Gasteiger partial charge in [-0.1, -0.05) is 59.6 Å². The van der Waals surface area contributed by atoms with Gasteiger partial charge in [0.05, 0.1) is 0 Å². The Bertz CT molecular complexity index is 517. The zero-order valence-corrected chi connectivity index (χ0v) is 10.8. The minimum absolute atomic E-state index is 0.773. The summed E-state index contributed by atoms with van der Waals surface area (Å²) in [5.41, 5.74) is 5.04. The molecular weight excluding hydrogens is 228 g/mol. The van der Waals surface area contributed by atoms with Gasteiger partial charge in [0.1, 0.15) is 0 Å². The van der Waals surface area contributed by atoms with Gasteiger partial charge in [0.15, 0.2) is 0 Å². The van der Waals surface area contributed by atoms with Crippen molar-refractivity contribution < 1.29 is 0 Å². The molecule has 0 radical (unpaired) electrons. The highest BCUT2D eigenvalue weighted by Gasteiger charge is 2.06. The third kappa shape index (κ3) is 2.78. The molecule has 0 spiro atoms. The van der Waals surface area contributed by atoms with Gasteiger partial charge in [0.2, 0.25) is 0 Å². The first kappa shape index (κ1) is 11.9. The maximum absolute atomic E-state index is 5.93. The molecule has 2 aromatic carbocycles. The van der Waals surface area contributed by atoms with Crippen molar-refractivity contribution >= 4 is 17.2 Å². The van der Waals surface area contributed by atoms with Crippen LogP contribution in [0, 0.1) is 0 Å². The van der Waals surface area contributed by atoms with E-state index in [1.54, 1.807) is 0 Å². The summed E-state index contributed by atoms with van der Waals surface area (Å²) in [6.07, 6.45) is 0. The van der Waals surface area contributed by atoms with Crippen LogP contribution >= 0.6 is 11.6 Å². The van der Waals surface area contributed by atoms with Crippen LogP contribution in [0.15, 0.2) is 60.2 Å². The Labute approximate surface area is 108 Å². The van der Waals surface area contributed by atoms with Crippen molar-refractivity contribution in [2.45, 2.75) is 13.8 Å². The molecule has 0 bridgehead atoms. The Kier molecular flexibility index (Phi) is 3.65. The summed E-state index contributed by atoms with van der Waals surface area (Å²) in [5, 5.41) is 0.773. The Balaban J connectivity index is 2.52. The molecule has 0 amide bonds. The highest BCUT2D eigenvalue weighted by molar-refractivity contribution is 6.30. The first-order valence-electron chi connectivity index (χ1n) is 5.67. The zero-order valence-electron chi connectivity index (χ0n) is 10.1. The number of halogens is 1. The normalized spacial score (nSPS) is 10.1. The predicted octanol–water partition coefficient (Wildman–Crippen LogP) is 5.18. The highest BCUT2D eigenvalue weighted by atomic mass is 35.5. The van der Waals surface area contributed by atoms with Gasteiger partial charge in [-0.05, 0) is 42.7 Å². The molecular formula is C16H15Cl. The standard InChI is InChI=1S/C16H15Cl/c1-12(2)16(13-6-4-3-5-7-13)14-8-10-15(17)11-9-14/h3-11H,1-2H3. The van der Waals surface area contributed by atoms with E-state index in [-0.39, 0.29) is 0 Å². The number of hydrogen-bond acceptors (Lipinski definition) is 0. The van der Waals surface area contributed by atoms with Gasteiger partial charge >= 0.3 is 0 Å². The summed E-state index contributed by atoms with van der Waals surface area (Å²) in [6.45, 7) is 4.27. The third-order valence-corrected chi connectivity index (χ3v) is 2.95. The van der Waals surface area contributed by atoms with Crippen LogP contribution in [0.2, 0.25) is 5.02 Å². The minimum Gasteiger partial charge on any atom is -0.0843 e. The molecule has 0 atom stereocenters. The Hall–Kier alpha value is -1.53. The summed E-state index contributed by atoms with van der Waals surface area (Å²) >= 11 is 5.93. The van der Waals surface area contributed by atoms with Crippen molar-refractivity contribution in [3.63, 3.8) is 0 Å². The smallest absolute Gasteiger partial charge is 0.0406 e. The van der Waals surface area contributed by atoms with E-state index in [4.69, 9.17) is 11.6 Å². The van der Waals surface area contributed by atoms with Crippen LogP contribution in [0.3, 0.4) is 0 Å². The van der Waals surface area contributed by atoms with E-state index in [0.29, 0.717) is 0 Å². The van der Waals surface area contributed by atoms with Crippen molar-refractivity contribution in [1.82, 2.24) is 0 Å². The molecule has 86 valence electrons. The molecule has 0 saturated heterocycles. The summed E-state index contributed by atoms with van der Waals surface area (Å²) < 4.78 is 0. The van der Waals surface area contributed by atoms with Crippen molar-refractivity contribution in [2.24, 2.45) is 0 Å². The summed E-state index contributed by atoms with van der Waals surface area (Å²) in [7, 11) is 0. The van der Waals surface area contributed by atoms with E-state index < -0.39 is 0 Å². The van der Waals surface area contributed by atoms with Crippen molar-refractivity contribution in [3.8, 4) is 0 Å². The molecule has 0 saturated carbocycles. The SMILES string of the molecule is CC(C)=C(c1ccccc1)c1ccc(Cl)cc1. The third-order valence-electron chi connectivity index (χ3n) is 2.70. The molecule has 0 heterocycles. The van der Waals surface area contributed by atoms with E-state index in [9.17, 15) is 0 Å².